The van der Waals surface area contributed by atoms with Gasteiger partial charge in [0, 0.05) is 24.4 Å². The maximum Gasteiger partial charge on any atom is 0.300 e. The van der Waals surface area contributed by atoms with Crippen LogP contribution in [0, 0.1) is 17.8 Å². The fourth-order valence-corrected chi connectivity index (χ4v) is 4.41. The minimum Gasteiger partial charge on any atom is -0.496 e. The lowest BCUT2D eigenvalue weighted by molar-refractivity contribution is 0.362. The summed E-state index contributed by atoms with van der Waals surface area (Å²) in [5, 5.41) is 8.08. The topological polar surface area (TPSA) is 122 Å². The Balaban J connectivity index is 1.48. The molecule has 0 atom stereocenters. The number of hydrogen-bond donors (Lipinski definition) is 1. The Morgan fingerprint density at radius 1 is 1.21 bits per heavy atom. The lowest BCUT2D eigenvalue weighted by Gasteiger charge is -2.08. The predicted octanol–water partition coefficient (Wildman–Crippen LogP) is 3.25. The number of rotatable bonds is 7. The van der Waals surface area contributed by atoms with E-state index in [1.165, 1.54) is 20.3 Å². The van der Waals surface area contributed by atoms with Crippen molar-refractivity contribution in [2.24, 2.45) is 5.92 Å². The highest BCUT2D eigenvalue weighted by atomic mass is 32.2. The summed E-state index contributed by atoms with van der Waals surface area (Å²) in [4.78, 5) is 0. The lowest BCUT2D eigenvalue weighted by Crippen LogP contribution is -2.13. The van der Waals surface area contributed by atoms with Crippen LogP contribution in [0.4, 0.5) is 5.82 Å². The number of nitrogens with one attached hydrogen (secondary N) is 1. The number of aromatic nitrogens is 3. The van der Waals surface area contributed by atoms with E-state index in [-0.39, 0.29) is 17.3 Å². The second kappa shape index (κ2) is 8.22. The first-order valence-electron chi connectivity index (χ1n) is 10.1. The number of anilines is 1. The molecule has 33 heavy (non-hydrogen) atoms. The Kier molecular flexibility index (Phi) is 5.22. The van der Waals surface area contributed by atoms with Gasteiger partial charge in [0.1, 0.15) is 11.1 Å². The highest BCUT2D eigenvalue weighted by Gasteiger charge is 2.29. The molecule has 11 heteroatoms. The number of hydrogen-bond acceptors (Lipinski definition) is 8. The van der Waals surface area contributed by atoms with E-state index in [1.54, 1.807) is 23.0 Å². The Hall–Kier alpha value is -3.91. The highest BCUT2D eigenvalue weighted by molar-refractivity contribution is 7.92. The first-order valence-corrected chi connectivity index (χ1v) is 11.6. The highest BCUT2D eigenvalue weighted by Crippen LogP contribution is 2.36. The van der Waals surface area contributed by atoms with Gasteiger partial charge in [-0.15, -0.1) is 0 Å². The molecule has 0 amide bonds. The Labute approximate surface area is 189 Å². The van der Waals surface area contributed by atoms with Crippen LogP contribution < -0.4 is 14.2 Å². The zero-order valence-corrected chi connectivity index (χ0v) is 18.7. The van der Waals surface area contributed by atoms with Crippen molar-refractivity contribution in [3.05, 3.63) is 48.0 Å². The molecule has 10 nitrogen and oxygen atoms in total. The molecule has 4 aromatic rings. The van der Waals surface area contributed by atoms with Crippen molar-refractivity contribution in [1.82, 2.24) is 14.9 Å². The molecule has 1 aliphatic rings. The largest absolute Gasteiger partial charge is 0.496 e. The molecular formula is C22H20N4O6S. The van der Waals surface area contributed by atoms with Gasteiger partial charge in [0.15, 0.2) is 22.9 Å². The van der Waals surface area contributed by atoms with E-state index in [1.807, 2.05) is 12.3 Å². The molecule has 0 aliphatic heterocycles. The van der Waals surface area contributed by atoms with Gasteiger partial charge in [-0.05, 0) is 42.5 Å². The van der Waals surface area contributed by atoms with E-state index < -0.39 is 15.1 Å². The summed E-state index contributed by atoms with van der Waals surface area (Å²) < 4.78 is 51.9. The number of sulfonamides is 1. The van der Waals surface area contributed by atoms with Crippen molar-refractivity contribution in [2.45, 2.75) is 24.5 Å². The van der Waals surface area contributed by atoms with E-state index in [4.69, 9.17) is 18.4 Å². The van der Waals surface area contributed by atoms with E-state index in [2.05, 4.69) is 26.8 Å². The summed E-state index contributed by atoms with van der Waals surface area (Å²) >= 11 is 0. The van der Waals surface area contributed by atoms with Gasteiger partial charge in [-0.3, -0.25) is 9.40 Å². The fraction of sp³-hybridized carbons (Fsp3) is 0.273. The van der Waals surface area contributed by atoms with Gasteiger partial charge in [0.05, 0.1) is 20.8 Å². The average molecular weight is 468 g/mol. The van der Waals surface area contributed by atoms with E-state index in [0.717, 1.165) is 18.4 Å². The Morgan fingerprint density at radius 2 is 2.03 bits per heavy atom. The standard InChI is InChI=1S/C22H20N4O6S/c1-29-17-10-15(13-26-9-3-8-23-26)11-18-20(17)21(24-32-18)25-33(27,28)22-19(30-2)12-16(31-22)7-6-14-4-5-14/h3,8-12,14H,4-5,13H2,1-2H3,(H,24,25). The summed E-state index contributed by atoms with van der Waals surface area (Å²) in [6.45, 7) is 0.481. The minimum atomic E-state index is -4.20. The van der Waals surface area contributed by atoms with Crippen LogP contribution in [-0.2, 0) is 16.6 Å². The first-order chi connectivity index (χ1) is 16.0. The quantitative estimate of drug-likeness (QED) is 0.410. The number of fused-ring (bicyclic) bond motifs is 1. The monoisotopic (exact) mass is 468 g/mol. The SMILES string of the molecule is COc1cc(C#CC2CC2)oc1S(=O)(=O)Nc1noc2cc(Cn3cccn3)cc(OC)c12. The maximum atomic E-state index is 13.1. The maximum absolute atomic E-state index is 13.1. The number of benzene rings is 1. The van der Waals surface area contributed by atoms with Crippen LogP contribution >= 0.6 is 0 Å². The Bertz CT molecular complexity index is 1470. The molecule has 5 rings (SSSR count). The Morgan fingerprint density at radius 3 is 2.73 bits per heavy atom. The zero-order valence-electron chi connectivity index (χ0n) is 17.9. The van der Waals surface area contributed by atoms with Gasteiger partial charge >= 0.3 is 10.0 Å². The second-order valence-electron chi connectivity index (χ2n) is 7.52. The summed E-state index contributed by atoms with van der Waals surface area (Å²) in [7, 11) is -1.35. The van der Waals surface area contributed by atoms with Gasteiger partial charge in [0.2, 0.25) is 0 Å². The van der Waals surface area contributed by atoms with Crippen molar-refractivity contribution in [3.8, 4) is 23.3 Å². The molecule has 0 bridgehead atoms. The zero-order chi connectivity index (χ0) is 23.0. The van der Waals surface area contributed by atoms with Gasteiger partial charge < -0.3 is 18.4 Å². The third-order valence-electron chi connectivity index (χ3n) is 5.06. The molecule has 0 spiro atoms. The molecule has 1 fully saturated rings. The number of nitrogens with zero attached hydrogens (tertiary/aromatic N) is 3. The molecule has 1 saturated carbocycles. The summed E-state index contributed by atoms with van der Waals surface area (Å²) in [5.74, 6) is 6.85. The van der Waals surface area contributed by atoms with Crippen molar-refractivity contribution in [3.63, 3.8) is 0 Å². The minimum absolute atomic E-state index is 0.0310. The lowest BCUT2D eigenvalue weighted by atomic mass is 10.1. The normalized spacial score (nSPS) is 13.5. The average Bonchev–Trinajstić information content (AvgIpc) is 3.15. The van der Waals surface area contributed by atoms with Crippen LogP contribution in [0.15, 0.2) is 50.7 Å². The molecule has 170 valence electrons. The van der Waals surface area contributed by atoms with Crippen LogP contribution in [0.5, 0.6) is 11.5 Å². The first kappa shape index (κ1) is 21.0. The molecular weight excluding hydrogens is 448 g/mol. The number of furan rings is 1. The van der Waals surface area contributed by atoms with Crippen molar-refractivity contribution in [2.75, 3.05) is 18.9 Å². The van der Waals surface area contributed by atoms with Gasteiger partial charge in [-0.1, -0.05) is 11.1 Å². The van der Waals surface area contributed by atoms with Crippen molar-refractivity contribution >= 4 is 26.8 Å². The summed E-state index contributed by atoms with van der Waals surface area (Å²) in [6.07, 6.45) is 5.60. The fourth-order valence-electron chi connectivity index (χ4n) is 3.32. The number of methoxy groups -OCH3 is 2. The van der Waals surface area contributed by atoms with Gasteiger partial charge in [0.25, 0.3) is 5.09 Å². The van der Waals surface area contributed by atoms with Crippen LogP contribution in [0.1, 0.15) is 24.2 Å². The third kappa shape index (κ3) is 4.25. The van der Waals surface area contributed by atoms with Crippen molar-refractivity contribution < 1.29 is 26.8 Å². The van der Waals surface area contributed by atoms with Crippen molar-refractivity contribution in [1.29, 1.82) is 0 Å². The molecule has 0 unspecified atom stereocenters. The summed E-state index contributed by atoms with van der Waals surface area (Å²) in [5.41, 5.74) is 1.21. The second-order valence-corrected chi connectivity index (χ2v) is 9.10. The smallest absolute Gasteiger partial charge is 0.300 e. The van der Waals surface area contributed by atoms with Crippen LogP contribution in [0.3, 0.4) is 0 Å². The predicted molar refractivity (Wildman–Crippen MR) is 118 cm³/mol. The van der Waals surface area contributed by atoms with Crippen LogP contribution in [-0.4, -0.2) is 37.6 Å². The van der Waals surface area contributed by atoms with Gasteiger partial charge in [-0.25, -0.2) is 0 Å². The van der Waals surface area contributed by atoms with Crippen LogP contribution in [0.25, 0.3) is 11.0 Å². The van der Waals surface area contributed by atoms with Crippen LogP contribution in [0.2, 0.25) is 0 Å². The van der Waals surface area contributed by atoms with E-state index >= 15 is 0 Å². The van der Waals surface area contributed by atoms with E-state index in [0.29, 0.717) is 29.2 Å². The third-order valence-corrected chi connectivity index (χ3v) is 6.29. The molecule has 3 heterocycles. The molecule has 1 N–H and O–H groups in total. The number of ether oxygens (including phenoxy) is 2. The van der Waals surface area contributed by atoms with E-state index in [9.17, 15) is 8.42 Å². The molecule has 1 aromatic carbocycles. The molecule has 0 saturated heterocycles. The molecule has 1 aliphatic carbocycles. The summed E-state index contributed by atoms with van der Waals surface area (Å²) in [6, 6.07) is 6.80. The van der Waals surface area contributed by atoms with Gasteiger partial charge in [-0.2, -0.15) is 13.5 Å². The molecule has 3 aromatic heterocycles. The molecule has 0 radical (unpaired) electrons.